The zero-order valence-corrected chi connectivity index (χ0v) is 16.3. The first-order chi connectivity index (χ1) is 12.4. The molecule has 0 saturated carbocycles. The number of benzene rings is 1. The van der Waals surface area contributed by atoms with Crippen molar-refractivity contribution >= 4 is 15.8 Å². The molecular formula is C18H27N5O2S. The average Bonchev–Trinajstić information content (AvgIpc) is 3.12. The highest BCUT2D eigenvalue weighted by molar-refractivity contribution is 7.90. The lowest BCUT2D eigenvalue weighted by atomic mass is 10.2. The van der Waals surface area contributed by atoms with Crippen molar-refractivity contribution in [3.63, 3.8) is 0 Å². The molecule has 2 rings (SSSR count). The molecule has 1 unspecified atom stereocenters. The predicted octanol–water partition coefficient (Wildman–Crippen LogP) is 1.75. The second kappa shape index (κ2) is 9.38. The van der Waals surface area contributed by atoms with Crippen LogP contribution in [0, 0.1) is 0 Å². The summed E-state index contributed by atoms with van der Waals surface area (Å²) in [5.74, 6) is 0.826. The van der Waals surface area contributed by atoms with Gasteiger partial charge in [-0.15, -0.1) is 0 Å². The quantitative estimate of drug-likeness (QED) is 0.540. The van der Waals surface area contributed by atoms with Gasteiger partial charge in [-0.05, 0) is 38.0 Å². The Hall–Kier alpha value is -2.35. The smallest absolute Gasteiger partial charge is 0.191 e. The van der Waals surface area contributed by atoms with Gasteiger partial charge in [-0.1, -0.05) is 18.2 Å². The van der Waals surface area contributed by atoms with Crippen LogP contribution in [-0.4, -0.2) is 48.8 Å². The molecule has 2 aromatic rings. The van der Waals surface area contributed by atoms with Crippen LogP contribution in [-0.2, 0) is 16.4 Å². The second-order valence-electron chi connectivity index (χ2n) is 6.24. The lowest BCUT2D eigenvalue weighted by molar-refractivity contribution is 0.581. The summed E-state index contributed by atoms with van der Waals surface area (Å²) < 4.78 is 24.5. The Morgan fingerprint density at radius 3 is 2.73 bits per heavy atom. The van der Waals surface area contributed by atoms with Gasteiger partial charge in [-0.25, -0.2) is 18.1 Å². The van der Waals surface area contributed by atoms with Crippen LogP contribution in [0.15, 0.2) is 47.7 Å². The number of hydrogen-bond acceptors (Lipinski definition) is 4. The van der Waals surface area contributed by atoms with Gasteiger partial charge >= 0.3 is 0 Å². The van der Waals surface area contributed by atoms with Crippen LogP contribution in [0.25, 0.3) is 5.69 Å². The van der Waals surface area contributed by atoms with E-state index in [2.05, 4.69) is 20.7 Å². The Kier molecular flexibility index (Phi) is 7.20. The fourth-order valence-electron chi connectivity index (χ4n) is 2.46. The van der Waals surface area contributed by atoms with E-state index in [1.807, 2.05) is 55.1 Å². The van der Waals surface area contributed by atoms with E-state index in [4.69, 9.17) is 0 Å². The van der Waals surface area contributed by atoms with Gasteiger partial charge in [-0.3, -0.25) is 0 Å². The van der Waals surface area contributed by atoms with E-state index in [1.165, 1.54) is 6.26 Å². The topological polar surface area (TPSA) is 88.4 Å². The van der Waals surface area contributed by atoms with Gasteiger partial charge in [0.15, 0.2) is 5.96 Å². The molecule has 2 N–H and O–H groups in total. The number of nitrogens with one attached hydrogen (secondary N) is 2. The number of para-hydroxylation sites is 1. The summed E-state index contributed by atoms with van der Waals surface area (Å²) in [6.07, 6.45) is 5.44. The molecule has 0 bridgehead atoms. The maximum atomic E-state index is 11.3. The first kappa shape index (κ1) is 20.0. The minimum absolute atomic E-state index is 0.00360. The Bertz CT molecular complexity index is 816. The van der Waals surface area contributed by atoms with Crippen molar-refractivity contribution in [1.82, 2.24) is 20.4 Å². The summed E-state index contributed by atoms with van der Waals surface area (Å²) in [5, 5.41) is 10.8. The molecule has 7 nitrogen and oxygen atoms in total. The fourth-order valence-corrected chi connectivity index (χ4v) is 3.24. The van der Waals surface area contributed by atoms with E-state index in [0.717, 1.165) is 17.8 Å². The maximum Gasteiger partial charge on any atom is 0.191 e. The summed E-state index contributed by atoms with van der Waals surface area (Å²) >= 11 is 0. The number of hydrogen-bond donors (Lipinski definition) is 2. The Labute approximate surface area is 155 Å². The van der Waals surface area contributed by atoms with Crippen molar-refractivity contribution in [3.05, 3.63) is 48.3 Å². The predicted molar refractivity (Wildman–Crippen MR) is 105 cm³/mol. The van der Waals surface area contributed by atoms with E-state index in [9.17, 15) is 8.42 Å². The van der Waals surface area contributed by atoms with Crippen molar-refractivity contribution in [1.29, 1.82) is 0 Å². The third-order valence-corrected chi connectivity index (χ3v) is 4.78. The minimum Gasteiger partial charge on any atom is -0.357 e. The highest BCUT2D eigenvalue weighted by Crippen LogP contribution is 2.14. The van der Waals surface area contributed by atoms with Crippen molar-refractivity contribution in [3.8, 4) is 5.69 Å². The molecule has 0 aliphatic carbocycles. The van der Waals surface area contributed by atoms with E-state index in [0.29, 0.717) is 18.9 Å². The van der Waals surface area contributed by atoms with Crippen molar-refractivity contribution in [2.24, 2.45) is 4.99 Å². The Balaban J connectivity index is 2.08. The van der Waals surface area contributed by atoms with Crippen LogP contribution in [0.3, 0.4) is 0 Å². The molecule has 8 heteroatoms. The Morgan fingerprint density at radius 2 is 2.08 bits per heavy atom. The van der Waals surface area contributed by atoms with Crippen LogP contribution in [0.1, 0.15) is 25.8 Å². The molecule has 0 aliphatic rings. The van der Waals surface area contributed by atoms with E-state index < -0.39 is 9.84 Å². The van der Waals surface area contributed by atoms with Gasteiger partial charge in [0.05, 0.1) is 18.0 Å². The van der Waals surface area contributed by atoms with Gasteiger partial charge in [0.25, 0.3) is 0 Å². The summed E-state index contributed by atoms with van der Waals surface area (Å²) in [4.78, 5) is 4.64. The first-order valence-corrected chi connectivity index (χ1v) is 10.8. The van der Waals surface area contributed by atoms with Gasteiger partial charge in [0.2, 0.25) is 0 Å². The van der Waals surface area contributed by atoms with Gasteiger partial charge in [-0.2, -0.15) is 5.10 Å². The summed E-state index contributed by atoms with van der Waals surface area (Å²) in [5.41, 5.74) is 2.04. The zero-order valence-electron chi connectivity index (χ0n) is 15.5. The molecule has 0 fully saturated rings. The zero-order chi connectivity index (χ0) is 19.0. The molecular weight excluding hydrogens is 350 g/mol. The fraction of sp³-hybridized carbons (Fsp3) is 0.444. The molecule has 26 heavy (non-hydrogen) atoms. The van der Waals surface area contributed by atoms with Gasteiger partial charge in [0, 0.05) is 31.2 Å². The number of sulfone groups is 1. The number of guanidine groups is 1. The Morgan fingerprint density at radius 1 is 1.31 bits per heavy atom. The monoisotopic (exact) mass is 377 g/mol. The number of aromatic nitrogens is 2. The highest BCUT2D eigenvalue weighted by Gasteiger charge is 2.10. The largest absolute Gasteiger partial charge is 0.357 e. The van der Waals surface area contributed by atoms with E-state index in [1.54, 1.807) is 6.20 Å². The van der Waals surface area contributed by atoms with Crippen LogP contribution in [0.5, 0.6) is 0 Å². The molecule has 1 heterocycles. The average molecular weight is 378 g/mol. The van der Waals surface area contributed by atoms with E-state index >= 15 is 0 Å². The molecule has 0 radical (unpaired) electrons. The number of rotatable bonds is 8. The lowest BCUT2D eigenvalue weighted by Crippen LogP contribution is -2.42. The molecule has 0 aliphatic heterocycles. The molecule has 142 valence electrons. The molecule has 0 spiro atoms. The standard InChI is InChI=1S/C18H27N5O2S/c1-4-19-18(22-15(2)10-13-26(3,24)25)20-14-16-8-5-6-9-17(16)23-12-7-11-21-23/h5-9,11-12,15H,4,10,13-14H2,1-3H3,(H2,19,20,22). The third-order valence-electron chi connectivity index (χ3n) is 3.80. The van der Waals surface area contributed by atoms with Gasteiger partial charge < -0.3 is 10.6 Å². The third kappa shape index (κ3) is 6.51. The summed E-state index contributed by atoms with van der Waals surface area (Å²) in [6.45, 7) is 5.17. The maximum absolute atomic E-state index is 11.3. The van der Waals surface area contributed by atoms with Crippen LogP contribution >= 0.6 is 0 Å². The molecule has 0 amide bonds. The minimum atomic E-state index is -2.96. The number of aliphatic imine (C=N–C) groups is 1. The van der Waals surface area contributed by atoms with Crippen molar-refractivity contribution < 1.29 is 8.42 Å². The molecule has 0 saturated heterocycles. The first-order valence-electron chi connectivity index (χ1n) is 8.69. The van der Waals surface area contributed by atoms with Gasteiger partial charge in [0.1, 0.15) is 9.84 Å². The molecule has 1 aromatic carbocycles. The van der Waals surface area contributed by atoms with Crippen LogP contribution in [0.2, 0.25) is 0 Å². The van der Waals surface area contributed by atoms with Crippen molar-refractivity contribution in [2.45, 2.75) is 32.9 Å². The van der Waals surface area contributed by atoms with E-state index in [-0.39, 0.29) is 11.8 Å². The SMILES string of the molecule is CCNC(=NCc1ccccc1-n1cccn1)NC(C)CCS(C)(=O)=O. The lowest BCUT2D eigenvalue weighted by Gasteiger charge is -2.17. The van der Waals surface area contributed by atoms with Crippen LogP contribution in [0.4, 0.5) is 0 Å². The highest BCUT2D eigenvalue weighted by atomic mass is 32.2. The van der Waals surface area contributed by atoms with Crippen LogP contribution < -0.4 is 10.6 Å². The second-order valence-corrected chi connectivity index (χ2v) is 8.50. The van der Waals surface area contributed by atoms with Crippen molar-refractivity contribution in [2.75, 3.05) is 18.6 Å². The number of nitrogens with zero attached hydrogens (tertiary/aromatic N) is 3. The molecule has 1 atom stereocenters. The summed E-state index contributed by atoms with van der Waals surface area (Å²) in [6, 6.07) is 9.87. The summed E-state index contributed by atoms with van der Waals surface area (Å²) in [7, 11) is -2.96. The molecule has 1 aromatic heterocycles. The normalized spacial score (nSPS) is 13.4.